The highest BCUT2D eigenvalue weighted by Gasteiger charge is 1.97. The zero-order valence-corrected chi connectivity index (χ0v) is 5.42. The maximum absolute atomic E-state index is 9.90. The Balaban J connectivity index is 0. The summed E-state index contributed by atoms with van der Waals surface area (Å²) in [5.41, 5.74) is 0. The lowest BCUT2D eigenvalue weighted by Crippen LogP contribution is -2.44. The molecule has 0 rings (SSSR count). The first-order chi connectivity index (χ1) is 3.12. The van der Waals surface area contributed by atoms with Crippen molar-refractivity contribution in [2.24, 2.45) is 11.7 Å². The predicted octanol–water partition coefficient (Wildman–Crippen LogP) is -2.42. The van der Waals surface area contributed by atoms with Crippen LogP contribution in [0.15, 0.2) is 0 Å². The van der Waals surface area contributed by atoms with Gasteiger partial charge in [-0.25, -0.2) is 0 Å². The molecular formula is H7ClN4O2S. The summed E-state index contributed by atoms with van der Waals surface area (Å²) in [5, 5.41) is 0. The van der Waals surface area contributed by atoms with Crippen molar-refractivity contribution in [2.45, 2.75) is 0 Å². The number of halogens is 1. The van der Waals surface area contributed by atoms with Crippen molar-refractivity contribution >= 4 is 22.6 Å². The van der Waals surface area contributed by atoms with Gasteiger partial charge in [-0.15, -0.1) is 22.1 Å². The quantitative estimate of drug-likeness (QED) is 0.268. The molecule has 0 amide bonds. The predicted molar refractivity (Wildman–Crippen MR) is 30.8 cm³/mol. The first kappa shape index (κ1) is 11.0. The first-order valence-corrected chi connectivity index (χ1v) is 2.80. The average Bonchev–Trinajstić information content (AvgIpc) is 1.68. The standard InChI is InChI=1S/ClH.H6N4O2S/c;1-3-7(5,6)4-2/h1H;3-4H,1-2H2. The van der Waals surface area contributed by atoms with Crippen LogP contribution < -0.4 is 21.3 Å². The molecule has 0 aliphatic rings. The summed E-state index contributed by atoms with van der Waals surface area (Å²) in [5.74, 6) is 8.87. The minimum atomic E-state index is -3.60. The minimum Gasteiger partial charge on any atom is -0.257 e. The monoisotopic (exact) mass is 162 g/mol. The summed E-state index contributed by atoms with van der Waals surface area (Å²) < 4.78 is 19.8. The van der Waals surface area contributed by atoms with E-state index in [2.05, 4.69) is 11.7 Å². The normalized spacial score (nSPS) is 10.2. The van der Waals surface area contributed by atoms with Crippen LogP contribution in [0.4, 0.5) is 0 Å². The van der Waals surface area contributed by atoms with Gasteiger partial charge in [-0.1, -0.05) is 0 Å². The molecule has 0 radical (unpaired) electrons. The molecule has 6 N–H and O–H groups in total. The third-order valence-electron chi connectivity index (χ3n) is 0.310. The van der Waals surface area contributed by atoms with Crippen LogP contribution in [0.5, 0.6) is 0 Å². The van der Waals surface area contributed by atoms with E-state index >= 15 is 0 Å². The number of nitrogens with one attached hydrogen (secondary N) is 2. The van der Waals surface area contributed by atoms with Gasteiger partial charge in [0.05, 0.1) is 0 Å². The molecule has 0 saturated carbocycles. The lowest BCUT2D eigenvalue weighted by atomic mass is 13.0. The third-order valence-corrected chi connectivity index (χ3v) is 0.931. The van der Waals surface area contributed by atoms with Crippen molar-refractivity contribution in [1.82, 2.24) is 9.66 Å². The van der Waals surface area contributed by atoms with E-state index in [0.29, 0.717) is 0 Å². The zero-order valence-electron chi connectivity index (χ0n) is 3.79. The second-order valence-electron chi connectivity index (χ2n) is 0.739. The maximum Gasteiger partial charge on any atom is 0.302 e. The third kappa shape index (κ3) is 4.24. The van der Waals surface area contributed by atoms with Crippen molar-refractivity contribution in [3.05, 3.63) is 0 Å². The topological polar surface area (TPSA) is 110 Å². The highest BCUT2D eigenvalue weighted by molar-refractivity contribution is 7.87. The van der Waals surface area contributed by atoms with E-state index in [-0.39, 0.29) is 12.4 Å². The molecule has 0 aromatic rings. The first-order valence-electron chi connectivity index (χ1n) is 1.32. The fraction of sp³-hybridized carbons (Fsp3) is 0. The number of hydrogen-bond acceptors (Lipinski definition) is 4. The van der Waals surface area contributed by atoms with E-state index in [1.807, 2.05) is 0 Å². The van der Waals surface area contributed by atoms with Gasteiger partial charge in [0.1, 0.15) is 0 Å². The summed E-state index contributed by atoms with van der Waals surface area (Å²) in [6, 6.07) is 0. The van der Waals surface area contributed by atoms with Gasteiger partial charge >= 0.3 is 10.2 Å². The van der Waals surface area contributed by atoms with E-state index in [1.54, 1.807) is 0 Å². The minimum absolute atomic E-state index is 0. The van der Waals surface area contributed by atoms with Gasteiger partial charge in [-0.3, -0.25) is 11.7 Å². The van der Waals surface area contributed by atoms with Gasteiger partial charge in [-0.05, 0) is 0 Å². The molecule has 0 spiro atoms. The molecule has 0 heterocycles. The molecule has 0 aliphatic carbocycles. The fourth-order valence-electron chi connectivity index (χ4n) is 0.0340. The van der Waals surface area contributed by atoms with E-state index < -0.39 is 10.2 Å². The molecule has 0 fully saturated rings. The van der Waals surface area contributed by atoms with Crippen LogP contribution in [-0.2, 0) is 10.2 Å². The van der Waals surface area contributed by atoms with Crippen molar-refractivity contribution in [1.29, 1.82) is 0 Å². The average molecular weight is 163 g/mol. The summed E-state index contributed by atoms with van der Waals surface area (Å²) in [4.78, 5) is 2.85. The van der Waals surface area contributed by atoms with E-state index in [9.17, 15) is 8.42 Å². The van der Waals surface area contributed by atoms with E-state index in [1.165, 1.54) is 9.66 Å². The van der Waals surface area contributed by atoms with Gasteiger partial charge in [-0.2, -0.15) is 8.42 Å². The molecule has 0 saturated heterocycles. The summed E-state index contributed by atoms with van der Waals surface area (Å²) >= 11 is 0. The Hall–Kier alpha value is 0.0800. The largest absolute Gasteiger partial charge is 0.302 e. The molecule has 8 heavy (non-hydrogen) atoms. The Kier molecular flexibility index (Phi) is 5.49. The number of nitrogens with two attached hydrogens (primary N) is 2. The summed E-state index contributed by atoms with van der Waals surface area (Å²) in [6.07, 6.45) is 0. The Morgan fingerprint density at radius 3 is 1.38 bits per heavy atom. The zero-order chi connectivity index (χ0) is 5.91. The fourth-order valence-corrected chi connectivity index (χ4v) is 0.102. The van der Waals surface area contributed by atoms with Crippen LogP contribution in [0.25, 0.3) is 0 Å². The Morgan fingerprint density at radius 1 is 1.12 bits per heavy atom. The molecular weight excluding hydrogens is 156 g/mol. The van der Waals surface area contributed by atoms with Gasteiger partial charge in [0.2, 0.25) is 0 Å². The Labute approximate surface area is 53.1 Å². The van der Waals surface area contributed by atoms with Crippen molar-refractivity contribution in [2.75, 3.05) is 0 Å². The SMILES string of the molecule is Cl.NNS(=O)(=O)NN. The van der Waals surface area contributed by atoms with Gasteiger partial charge < -0.3 is 0 Å². The smallest absolute Gasteiger partial charge is 0.257 e. The van der Waals surface area contributed by atoms with Gasteiger partial charge in [0.25, 0.3) is 0 Å². The van der Waals surface area contributed by atoms with Crippen LogP contribution in [0.2, 0.25) is 0 Å². The van der Waals surface area contributed by atoms with Crippen molar-refractivity contribution < 1.29 is 8.42 Å². The van der Waals surface area contributed by atoms with Crippen LogP contribution in [0.1, 0.15) is 0 Å². The molecule has 0 unspecified atom stereocenters. The molecule has 0 aromatic heterocycles. The number of hydrogen-bond donors (Lipinski definition) is 4. The van der Waals surface area contributed by atoms with Crippen LogP contribution >= 0.6 is 12.4 Å². The number of hydrazine groups is 2. The molecule has 0 atom stereocenters. The Morgan fingerprint density at radius 2 is 1.38 bits per heavy atom. The molecule has 0 bridgehead atoms. The van der Waals surface area contributed by atoms with E-state index in [4.69, 9.17) is 0 Å². The molecule has 0 aromatic carbocycles. The molecule has 8 heteroatoms. The highest BCUT2D eigenvalue weighted by atomic mass is 35.5. The lowest BCUT2D eigenvalue weighted by molar-refractivity contribution is 0.571. The second-order valence-corrected chi connectivity index (χ2v) is 2.22. The second kappa shape index (κ2) is 4.01. The van der Waals surface area contributed by atoms with Crippen LogP contribution in [-0.4, -0.2) is 8.42 Å². The summed E-state index contributed by atoms with van der Waals surface area (Å²) in [7, 11) is -3.60. The highest BCUT2D eigenvalue weighted by Crippen LogP contribution is 1.58. The molecule has 0 aliphatic heterocycles. The van der Waals surface area contributed by atoms with Crippen molar-refractivity contribution in [3.63, 3.8) is 0 Å². The van der Waals surface area contributed by atoms with Crippen LogP contribution in [0, 0.1) is 0 Å². The lowest BCUT2D eigenvalue weighted by Gasteiger charge is -1.94. The van der Waals surface area contributed by atoms with Gasteiger partial charge in [0.15, 0.2) is 0 Å². The van der Waals surface area contributed by atoms with Crippen LogP contribution in [0.3, 0.4) is 0 Å². The summed E-state index contributed by atoms with van der Waals surface area (Å²) in [6.45, 7) is 0. The Bertz CT molecular complexity index is 117. The molecule has 6 nitrogen and oxygen atoms in total. The number of rotatable bonds is 2. The van der Waals surface area contributed by atoms with Gasteiger partial charge in [0, 0.05) is 0 Å². The molecule has 52 valence electrons. The van der Waals surface area contributed by atoms with Crippen molar-refractivity contribution in [3.8, 4) is 0 Å². The van der Waals surface area contributed by atoms with E-state index in [0.717, 1.165) is 0 Å². The maximum atomic E-state index is 9.90.